The van der Waals surface area contributed by atoms with Crippen molar-refractivity contribution >= 4 is 68.3 Å². The zero-order valence-corrected chi connectivity index (χ0v) is 37.1. The Morgan fingerprint density at radius 3 is 1.45 bits per heavy atom. The zero-order chi connectivity index (χ0) is 67.1. The van der Waals surface area contributed by atoms with Crippen molar-refractivity contribution in [3.8, 4) is 0 Å². The van der Waals surface area contributed by atoms with E-state index in [2.05, 4.69) is 59.4 Å². The van der Waals surface area contributed by atoms with E-state index >= 15 is 0 Å². The highest BCUT2D eigenvalue weighted by atomic mass is 16.2. The van der Waals surface area contributed by atoms with Gasteiger partial charge in [0.05, 0.1) is 37.0 Å². The van der Waals surface area contributed by atoms with E-state index in [1.54, 1.807) is 19.2 Å². The van der Waals surface area contributed by atoms with Crippen molar-refractivity contribution in [3.05, 3.63) is 90.0 Å². The van der Waals surface area contributed by atoms with Crippen molar-refractivity contribution in [2.75, 3.05) is 94.5 Å². The number of hydrogen-bond donors (Lipinski definition) is 3. The third kappa shape index (κ3) is 11.0. The molecule has 360 valence electrons. The summed E-state index contributed by atoms with van der Waals surface area (Å²) in [5, 5.41) is 0.827. The van der Waals surface area contributed by atoms with Crippen LogP contribution in [0.2, 0.25) is 0 Å². The van der Waals surface area contributed by atoms with Gasteiger partial charge in [-0.25, -0.2) is 49.6 Å². The number of carbonyl (C=O) groups is 3. The van der Waals surface area contributed by atoms with Crippen molar-refractivity contribution in [1.82, 2.24) is 59.6 Å². The Morgan fingerprint density at radius 2 is 1.03 bits per heavy atom. The molecule has 0 saturated carbocycles. The monoisotopic (exact) mass is 958 g/mol. The molecule has 69 heavy (non-hydrogen) atoms. The number of amides is 3. The third-order valence-corrected chi connectivity index (χ3v) is 11.7. The van der Waals surface area contributed by atoms with E-state index in [1.807, 2.05) is 0 Å². The van der Waals surface area contributed by atoms with Crippen LogP contribution in [0.1, 0.15) is 68.7 Å². The average molecular weight is 958 g/mol. The van der Waals surface area contributed by atoms with Gasteiger partial charge in [-0.1, -0.05) is 20.6 Å². The summed E-state index contributed by atoms with van der Waals surface area (Å²) in [5.41, 5.74) is 0.651. The predicted molar refractivity (Wildman–Crippen MR) is 264 cm³/mol. The van der Waals surface area contributed by atoms with Gasteiger partial charge in [0.25, 0.3) is 19.6 Å². The zero-order valence-electron chi connectivity index (χ0n) is 58.1. The molecule has 3 fully saturated rings. The van der Waals surface area contributed by atoms with Crippen LogP contribution in [0.25, 0.3) is 47.6 Å². The lowest BCUT2D eigenvalue weighted by Crippen LogP contribution is -2.53. The van der Waals surface area contributed by atoms with Crippen molar-refractivity contribution in [1.29, 1.82) is 0 Å². The minimum atomic E-state index is -3.03. The molecular weight excluding hydrogens is 877 g/mol. The smallest absolute Gasteiger partial charge is 0.302 e. The number of nitrogens with one attached hydrogen (secondary N) is 3. The number of aromatic amines is 3. The van der Waals surface area contributed by atoms with Crippen LogP contribution < -0.4 is 14.7 Å². The number of rotatable bonds is 9. The SMILES string of the molecule is [2H]c1nc(N(C([2H])([2H])[2H])[C@@]2([2H])CN(C(=O)C[N+]#[C-])CC[C@H]2C([2H])([2H])[2H])c2cc[nH]c2n1.[2H]c1nc(N(C([2H])([2H])[2H])[C@@]2([2H])CN(C(=O)C[N+]#[C-])CC[C@H]2C)c2cc[nH]c2n1.[2H]c1nc(N([C@H]2CN(C(=O)C[N+]#[C-])CC[C@@]2([2H])C([2H])([2H])[2H])C([2H])([2H])[2H])c2cc[nH]c2n1. The van der Waals surface area contributed by atoms with E-state index in [0.717, 1.165) is 14.7 Å². The number of likely N-dealkylation sites (N-methyl/N-ethyl adjacent to an activating group) is 3. The van der Waals surface area contributed by atoms with Gasteiger partial charge in [-0.05, 0) is 55.2 Å². The molecule has 0 aliphatic carbocycles. The summed E-state index contributed by atoms with van der Waals surface area (Å²) in [7, 11) is 0. The molecule has 9 heterocycles. The Balaban J connectivity index is 0.000000192. The Hall–Kier alpha value is -7.86. The lowest BCUT2D eigenvalue weighted by atomic mass is 9.92. The molecule has 3 N–H and O–H groups in total. The summed E-state index contributed by atoms with van der Waals surface area (Å²) in [6.45, 7) is 6.02. The number of aromatic nitrogens is 9. The van der Waals surface area contributed by atoms with E-state index in [-0.39, 0.29) is 84.8 Å². The molecule has 21 nitrogen and oxygen atoms in total. The first-order valence-corrected chi connectivity index (χ1v) is 21.3. The second-order valence-electron chi connectivity index (χ2n) is 15.9. The summed E-state index contributed by atoms with van der Waals surface area (Å²) in [6.07, 6.45) is 3.07. The van der Waals surface area contributed by atoms with Gasteiger partial charge in [0.1, 0.15) is 57.4 Å². The molecular formula is C48H60N18O3. The number of carbonyl (C=O) groups excluding carboxylic acids is 3. The van der Waals surface area contributed by atoms with Gasteiger partial charge < -0.3 is 58.9 Å². The number of fused-ring (bicyclic) bond motifs is 3. The van der Waals surface area contributed by atoms with Crippen LogP contribution >= 0.6 is 0 Å². The first kappa shape index (κ1) is 28.5. The first-order valence-electron chi connectivity index (χ1n) is 31.8. The molecule has 9 rings (SSSR count). The van der Waals surface area contributed by atoms with Gasteiger partial charge in [-0.15, -0.1) is 0 Å². The van der Waals surface area contributed by atoms with Gasteiger partial charge in [0.2, 0.25) is 0 Å². The molecule has 0 spiro atoms. The molecule has 3 amide bonds. The van der Waals surface area contributed by atoms with Crippen LogP contribution in [0.3, 0.4) is 0 Å². The maximum atomic E-state index is 12.3. The topological polar surface area (TPSA) is 208 Å². The van der Waals surface area contributed by atoms with Gasteiger partial charge >= 0.3 is 17.7 Å². The number of nitrogens with zero attached hydrogens (tertiary/aromatic N) is 15. The number of anilines is 3. The Morgan fingerprint density at radius 1 is 0.623 bits per heavy atom. The number of H-pyrrole nitrogens is 3. The van der Waals surface area contributed by atoms with Gasteiger partial charge in [-0.2, -0.15) is 0 Å². The molecule has 0 radical (unpaired) electrons. The predicted octanol–water partition coefficient (Wildman–Crippen LogP) is 4.65. The van der Waals surface area contributed by atoms with E-state index < -0.39 is 127 Å². The van der Waals surface area contributed by atoms with Crippen LogP contribution in [-0.4, -0.2) is 175 Å². The largest absolute Gasteiger partial charge is 0.354 e. The quantitative estimate of drug-likeness (QED) is 0.169. The molecule has 21 heteroatoms. The minimum Gasteiger partial charge on any atom is -0.354 e. The van der Waals surface area contributed by atoms with Crippen molar-refractivity contribution in [2.45, 2.75) is 58.0 Å². The average Bonchev–Trinajstić information content (AvgIpc) is 1.32. The normalized spacial score (nSPS) is 29.7. The maximum Gasteiger partial charge on any atom is 0.302 e. The lowest BCUT2D eigenvalue weighted by molar-refractivity contribution is -0.131. The van der Waals surface area contributed by atoms with E-state index in [0.29, 0.717) is 28.9 Å². The highest BCUT2D eigenvalue weighted by molar-refractivity contribution is 5.89. The molecule has 3 aliphatic rings. The lowest BCUT2D eigenvalue weighted by Gasteiger charge is -2.41. The van der Waals surface area contributed by atoms with Gasteiger partial charge in [0, 0.05) is 101 Å². The first-order chi connectivity index (χ1) is 41.7. The molecule has 0 bridgehead atoms. The van der Waals surface area contributed by atoms with E-state index in [9.17, 15) is 14.4 Å². The van der Waals surface area contributed by atoms with Crippen molar-refractivity contribution < 1.29 is 43.2 Å². The molecule has 3 saturated heterocycles. The van der Waals surface area contributed by atoms with E-state index in [4.69, 9.17) is 48.5 Å². The van der Waals surface area contributed by atoms with Gasteiger partial charge in [-0.3, -0.25) is 14.4 Å². The number of likely N-dealkylation sites (tertiary alicyclic amines) is 3. The fourth-order valence-corrected chi connectivity index (χ4v) is 7.92. The fraction of sp³-hybridized carbons (Fsp3) is 0.500. The molecule has 0 unspecified atom stereocenters. The summed E-state index contributed by atoms with van der Waals surface area (Å²) in [5.74, 6) is -6.26. The second-order valence-corrected chi connectivity index (χ2v) is 15.9. The molecule has 6 atom stereocenters. The van der Waals surface area contributed by atoms with Gasteiger partial charge in [0.15, 0.2) is 0 Å². The number of piperidine rings is 3. The van der Waals surface area contributed by atoms with Crippen molar-refractivity contribution in [3.63, 3.8) is 0 Å². The maximum absolute atomic E-state index is 12.3. The second kappa shape index (κ2) is 22.3. The van der Waals surface area contributed by atoms with Crippen molar-refractivity contribution in [2.24, 2.45) is 17.7 Å². The highest BCUT2D eigenvalue weighted by Crippen LogP contribution is 2.31. The Kier molecular flexibility index (Phi) is 9.20. The fourth-order valence-electron chi connectivity index (χ4n) is 7.92. The summed E-state index contributed by atoms with van der Waals surface area (Å²) in [4.78, 5) is 84.0. The van der Waals surface area contributed by atoms with Crippen LogP contribution in [0, 0.1) is 37.4 Å². The summed E-state index contributed by atoms with van der Waals surface area (Å²) in [6, 6.07) is -0.996. The molecule has 6 aromatic rings. The standard InChI is InChI=1S/3C16H20N6O/c3*1-11-5-7-22(14(23)8-17-2)9-13(11)21(3)16-12-4-6-18-15(12)19-10-20-16/h3*4,6,10-11,13H,5,7-9H2,1,3H3,(H,18,19,20)/t3*11-,13+/m111/s1/i1D3,3D3,10D,13D;1D3,3D3,10D,11D;3D3,10D,13D. The summed E-state index contributed by atoms with van der Waals surface area (Å²) < 4.78 is 171. The Bertz CT molecular complexity index is 3750. The van der Waals surface area contributed by atoms with Crippen LogP contribution in [-0.2, 0) is 14.4 Å². The highest BCUT2D eigenvalue weighted by Gasteiger charge is 2.36. The third-order valence-electron chi connectivity index (χ3n) is 11.7. The molecule has 3 aliphatic heterocycles. The number of hydrogen-bond acceptors (Lipinski definition) is 12. The van der Waals surface area contributed by atoms with Crippen LogP contribution in [0.15, 0.2) is 55.7 Å². The van der Waals surface area contributed by atoms with Crippen LogP contribution in [0.4, 0.5) is 17.5 Å². The molecule has 6 aromatic heterocycles. The summed E-state index contributed by atoms with van der Waals surface area (Å²) >= 11 is 0. The minimum absolute atomic E-state index is 0.0140. The van der Waals surface area contributed by atoms with Crippen LogP contribution in [0.5, 0.6) is 0 Å². The van der Waals surface area contributed by atoms with E-state index in [1.165, 1.54) is 34.3 Å². The molecule has 0 aromatic carbocycles. The Labute approximate surface area is 431 Å².